The van der Waals surface area contributed by atoms with Crippen LogP contribution in [0.25, 0.3) is 11.0 Å². The molecular formula is C12H16ClN3S. The Labute approximate surface area is 110 Å². The molecule has 0 aliphatic carbocycles. The highest BCUT2D eigenvalue weighted by Gasteiger charge is 2.11. The van der Waals surface area contributed by atoms with Crippen molar-refractivity contribution < 1.29 is 0 Å². The van der Waals surface area contributed by atoms with Crippen molar-refractivity contribution in [2.75, 3.05) is 13.6 Å². The Hall–Kier alpha value is -0.840. The van der Waals surface area contributed by atoms with Crippen LogP contribution in [0.4, 0.5) is 0 Å². The Bertz CT molecular complexity index is 539. The number of thiazole rings is 1. The van der Waals surface area contributed by atoms with Crippen molar-refractivity contribution in [1.82, 2.24) is 14.7 Å². The van der Waals surface area contributed by atoms with Gasteiger partial charge in [0, 0.05) is 18.1 Å². The second-order valence-electron chi connectivity index (χ2n) is 4.25. The molecule has 0 fully saturated rings. The van der Waals surface area contributed by atoms with Crippen LogP contribution >= 0.6 is 22.9 Å². The predicted octanol–water partition coefficient (Wildman–Crippen LogP) is 3.31. The summed E-state index contributed by atoms with van der Waals surface area (Å²) in [4.78, 5) is 5.27. The molecule has 0 saturated heterocycles. The third-order valence-electron chi connectivity index (χ3n) is 2.70. The summed E-state index contributed by atoms with van der Waals surface area (Å²) in [5.41, 5.74) is 2.30. The maximum atomic E-state index is 6.17. The number of aromatic nitrogens is 2. The van der Waals surface area contributed by atoms with Crippen LogP contribution in [0.5, 0.6) is 0 Å². The highest BCUT2D eigenvalue weighted by atomic mass is 35.5. The fraction of sp³-hybridized carbons (Fsp3) is 0.417. The lowest BCUT2D eigenvalue weighted by Crippen LogP contribution is -2.14. The number of hydrogen-bond acceptors (Lipinski definition) is 3. The van der Waals surface area contributed by atoms with E-state index in [1.807, 2.05) is 23.0 Å². The lowest BCUT2D eigenvalue weighted by atomic mass is 10.0. The number of nitrogens with zero attached hydrogens (tertiary/aromatic N) is 2. The van der Waals surface area contributed by atoms with Crippen LogP contribution in [0.3, 0.4) is 0 Å². The van der Waals surface area contributed by atoms with Gasteiger partial charge in [0.1, 0.15) is 0 Å². The van der Waals surface area contributed by atoms with Crippen molar-refractivity contribution in [2.24, 2.45) is 5.92 Å². The Morgan fingerprint density at radius 1 is 1.65 bits per heavy atom. The summed E-state index contributed by atoms with van der Waals surface area (Å²) >= 11 is 7.76. The molecule has 3 nitrogen and oxygen atoms in total. The smallest absolute Gasteiger partial charge is 0.195 e. The monoisotopic (exact) mass is 269 g/mol. The van der Waals surface area contributed by atoms with Crippen molar-refractivity contribution in [2.45, 2.75) is 13.8 Å². The van der Waals surface area contributed by atoms with E-state index in [-0.39, 0.29) is 0 Å². The topological polar surface area (TPSA) is 29.3 Å². The standard InChI is InChI=1S/C12H16ClN3S/c1-8(2)9(7-14-3)6-10-11(13)15-12-16(10)4-5-17-12/h4-6,8,14H,7H2,1-3H3. The molecule has 17 heavy (non-hydrogen) atoms. The van der Waals surface area contributed by atoms with E-state index in [4.69, 9.17) is 11.6 Å². The van der Waals surface area contributed by atoms with Crippen LogP contribution < -0.4 is 5.32 Å². The fourth-order valence-electron chi connectivity index (χ4n) is 1.71. The number of hydrogen-bond donors (Lipinski definition) is 1. The Kier molecular flexibility index (Phi) is 3.86. The largest absolute Gasteiger partial charge is 0.316 e. The zero-order valence-electron chi connectivity index (χ0n) is 10.2. The van der Waals surface area contributed by atoms with E-state index in [2.05, 4.69) is 30.2 Å². The van der Waals surface area contributed by atoms with Gasteiger partial charge in [-0.2, -0.15) is 0 Å². The first-order chi connectivity index (χ1) is 8.13. The molecule has 0 aliphatic heterocycles. The molecule has 0 saturated carbocycles. The highest BCUT2D eigenvalue weighted by molar-refractivity contribution is 7.15. The van der Waals surface area contributed by atoms with Gasteiger partial charge in [-0.05, 0) is 19.0 Å². The highest BCUT2D eigenvalue weighted by Crippen LogP contribution is 2.24. The second kappa shape index (κ2) is 5.21. The van der Waals surface area contributed by atoms with Crippen molar-refractivity contribution in [3.05, 3.63) is 28.0 Å². The Balaban J connectivity index is 2.47. The molecule has 0 aliphatic rings. The fourth-order valence-corrected chi connectivity index (χ4v) is 2.70. The van der Waals surface area contributed by atoms with Crippen molar-refractivity contribution in [3.63, 3.8) is 0 Å². The van der Waals surface area contributed by atoms with Gasteiger partial charge in [0.2, 0.25) is 0 Å². The quantitative estimate of drug-likeness (QED) is 0.923. The Morgan fingerprint density at radius 3 is 3.06 bits per heavy atom. The lowest BCUT2D eigenvalue weighted by molar-refractivity contribution is 0.712. The lowest BCUT2D eigenvalue weighted by Gasteiger charge is -2.10. The van der Waals surface area contributed by atoms with Gasteiger partial charge in [0.05, 0.1) is 5.69 Å². The number of nitrogens with one attached hydrogen (secondary N) is 1. The normalized spacial score (nSPS) is 12.9. The summed E-state index contributed by atoms with van der Waals surface area (Å²) in [7, 11) is 1.95. The molecule has 0 radical (unpaired) electrons. The molecule has 2 aromatic rings. The van der Waals surface area contributed by atoms with Gasteiger partial charge in [-0.1, -0.05) is 31.0 Å². The maximum absolute atomic E-state index is 6.17. The number of likely N-dealkylation sites (N-methyl/N-ethyl adjacent to an activating group) is 1. The number of rotatable bonds is 4. The van der Waals surface area contributed by atoms with Crippen LogP contribution in [0.2, 0.25) is 5.15 Å². The number of fused-ring (bicyclic) bond motifs is 1. The predicted molar refractivity (Wildman–Crippen MR) is 74.8 cm³/mol. The van der Waals surface area contributed by atoms with Gasteiger partial charge in [-0.15, -0.1) is 11.3 Å². The minimum Gasteiger partial charge on any atom is -0.316 e. The van der Waals surface area contributed by atoms with Crippen molar-refractivity contribution in [3.8, 4) is 0 Å². The van der Waals surface area contributed by atoms with E-state index in [0.29, 0.717) is 11.1 Å². The van der Waals surface area contributed by atoms with Gasteiger partial charge in [0.15, 0.2) is 10.1 Å². The summed E-state index contributed by atoms with van der Waals surface area (Å²) < 4.78 is 2.03. The SMILES string of the molecule is CNCC(=Cc1c(Cl)nc2sccn12)C(C)C. The maximum Gasteiger partial charge on any atom is 0.195 e. The number of halogens is 1. The van der Waals surface area contributed by atoms with E-state index in [1.54, 1.807) is 11.3 Å². The third kappa shape index (κ3) is 2.54. The van der Waals surface area contributed by atoms with Crippen LogP contribution in [-0.2, 0) is 0 Å². The molecule has 2 rings (SSSR count). The van der Waals surface area contributed by atoms with E-state index in [0.717, 1.165) is 17.2 Å². The van der Waals surface area contributed by atoms with Gasteiger partial charge >= 0.3 is 0 Å². The first kappa shape index (κ1) is 12.6. The molecular weight excluding hydrogens is 254 g/mol. The summed E-state index contributed by atoms with van der Waals surface area (Å²) in [6.45, 7) is 5.23. The van der Waals surface area contributed by atoms with Crippen molar-refractivity contribution >= 4 is 34.0 Å². The molecule has 0 bridgehead atoms. The molecule has 5 heteroatoms. The minimum absolute atomic E-state index is 0.489. The van der Waals surface area contributed by atoms with Gasteiger partial charge < -0.3 is 5.32 Å². The Morgan fingerprint density at radius 2 is 2.41 bits per heavy atom. The summed E-state index contributed by atoms with van der Waals surface area (Å²) in [5, 5.41) is 5.78. The third-order valence-corrected chi connectivity index (χ3v) is 3.73. The van der Waals surface area contributed by atoms with Crippen LogP contribution in [0, 0.1) is 5.92 Å². The van der Waals surface area contributed by atoms with Gasteiger partial charge in [-0.3, -0.25) is 4.40 Å². The second-order valence-corrected chi connectivity index (χ2v) is 5.48. The van der Waals surface area contributed by atoms with Crippen LogP contribution in [-0.4, -0.2) is 23.0 Å². The average molecular weight is 270 g/mol. The summed E-state index contributed by atoms with van der Waals surface area (Å²) in [5.74, 6) is 0.489. The summed E-state index contributed by atoms with van der Waals surface area (Å²) in [6.07, 6.45) is 4.14. The first-order valence-electron chi connectivity index (χ1n) is 5.59. The molecule has 0 amide bonds. The molecule has 0 atom stereocenters. The van der Waals surface area contributed by atoms with Gasteiger partial charge in [0.25, 0.3) is 0 Å². The van der Waals surface area contributed by atoms with E-state index in [9.17, 15) is 0 Å². The van der Waals surface area contributed by atoms with E-state index < -0.39 is 0 Å². The average Bonchev–Trinajstić information content (AvgIpc) is 2.80. The van der Waals surface area contributed by atoms with E-state index in [1.165, 1.54) is 5.57 Å². The summed E-state index contributed by atoms with van der Waals surface area (Å²) in [6, 6.07) is 0. The molecule has 1 N–H and O–H groups in total. The first-order valence-corrected chi connectivity index (χ1v) is 6.85. The molecule has 2 aromatic heterocycles. The molecule has 0 aromatic carbocycles. The number of imidazole rings is 1. The van der Waals surface area contributed by atoms with Crippen LogP contribution in [0.15, 0.2) is 17.2 Å². The van der Waals surface area contributed by atoms with Gasteiger partial charge in [-0.25, -0.2) is 4.98 Å². The minimum atomic E-state index is 0.489. The zero-order chi connectivity index (χ0) is 12.4. The molecule has 92 valence electrons. The van der Waals surface area contributed by atoms with Crippen LogP contribution in [0.1, 0.15) is 19.5 Å². The molecule has 0 spiro atoms. The zero-order valence-corrected chi connectivity index (χ0v) is 11.8. The van der Waals surface area contributed by atoms with Crippen molar-refractivity contribution in [1.29, 1.82) is 0 Å². The van der Waals surface area contributed by atoms with E-state index >= 15 is 0 Å². The molecule has 2 heterocycles. The molecule has 0 unspecified atom stereocenters.